The predicted molar refractivity (Wildman–Crippen MR) is 68.3 cm³/mol. The maximum absolute atomic E-state index is 9.18. The lowest BCUT2D eigenvalue weighted by Crippen LogP contribution is -1.81. The molecule has 0 atom stereocenters. The lowest BCUT2D eigenvalue weighted by Gasteiger charge is -1.94. The summed E-state index contributed by atoms with van der Waals surface area (Å²) in [6.07, 6.45) is 2.07. The van der Waals surface area contributed by atoms with E-state index in [9.17, 15) is 4.79 Å². The molecule has 0 bridgehead atoms. The summed E-state index contributed by atoms with van der Waals surface area (Å²) in [4.78, 5) is 9.18. The molecule has 2 aromatic rings. The van der Waals surface area contributed by atoms with Gasteiger partial charge in [-0.15, -0.1) is 0 Å². The summed E-state index contributed by atoms with van der Waals surface area (Å²) in [5.74, 6) is 0. The van der Waals surface area contributed by atoms with Crippen LogP contribution in [0.15, 0.2) is 34.9 Å². The lowest BCUT2D eigenvalue weighted by molar-refractivity contribution is -0.128. The molecule has 0 aliphatic carbocycles. The minimum absolute atomic E-state index is 0.431. The van der Waals surface area contributed by atoms with E-state index in [4.69, 9.17) is 0 Å². The van der Waals surface area contributed by atoms with Crippen molar-refractivity contribution in [2.24, 2.45) is 7.05 Å². The van der Waals surface area contributed by atoms with E-state index >= 15 is 0 Å². The van der Waals surface area contributed by atoms with Crippen LogP contribution in [0, 0.1) is 0 Å². The van der Waals surface area contributed by atoms with Crippen LogP contribution >= 0.6 is 15.9 Å². The van der Waals surface area contributed by atoms with Crippen molar-refractivity contribution in [3.05, 3.63) is 34.9 Å². The molecular weight excluding hydrogens is 270 g/mol. The fraction of sp³-hybridized carbons (Fsp3) is 0.250. The number of rotatable bonds is 2. The van der Waals surface area contributed by atoms with E-state index in [1.165, 1.54) is 10.9 Å². The Morgan fingerprint density at radius 2 is 2.19 bits per heavy atom. The molecule has 0 spiro atoms. The molecule has 2 rings (SSSR count). The van der Waals surface area contributed by atoms with E-state index in [-0.39, 0.29) is 0 Å². The third-order valence-electron chi connectivity index (χ3n) is 2.08. The summed E-state index contributed by atoms with van der Waals surface area (Å²) in [6, 6.07) is 8.40. The van der Waals surface area contributed by atoms with Gasteiger partial charge in [0.05, 0.1) is 6.61 Å². The van der Waals surface area contributed by atoms with Gasteiger partial charge in [0.2, 0.25) is 0 Å². The summed E-state index contributed by atoms with van der Waals surface area (Å²) in [5.41, 5.74) is 1.27. The minimum atomic E-state index is 0.431. The Morgan fingerprint density at radius 1 is 1.44 bits per heavy atom. The fourth-order valence-electron chi connectivity index (χ4n) is 1.32. The zero-order chi connectivity index (χ0) is 12.0. The molecule has 1 heterocycles. The zero-order valence-corrected chi connectivity index (χ0v) is 10.9. The fourth-order valence-corrected chi connectivity index (χ4v) is 1.70. The van der Waals surface area contributed by atoms with Crippen LogP contribution < -0.4 is 0 Å². The number of carbonyl (C=O) groups excluding carboxylic acids is 1. The number of hydrogen-bond acceptors (Lipinski definition) is 2. The van der Waals surface area contributed by atoms with E-state index in [0.29, 0.717) is 13.1 Å². The van der Waals surface area contributed by atoms with E-state index < -0.39 is 0 Å². The van der Waals surface area contributed by atoms with Crippen LogP contribution in [-0.4, -0.2) is 17.6 Å². The van der Waals surface area contributed by atoms with Crippen LogP contribution in [0.2, 0.25) is 0 Å². The van der Waals surface area contributed by atoms with Gasteiger partial charge in [0.25, 0.3) is 6.47 Å². The first-order valence-corrected chi connectivity index (χ1v) is 5.74. The minimum Gasteiger partial charge on any atom is -0.468 e. The Morgan fingerprint density at radius 3 is 2.75 bits per heavy atom. The molecule has 86 valence electrons. The number of ether oxygens (including phenoxy) is 1. The molecule has 3 nitrogen and oxygen atoms in total. The Hall–Kier alpha value is -1.29. The molecule has 0 unspecified atom stereocenters. The van der Waals surface area contributed by atoms with Crippen molar-refractivity contribution < 1.29 is 9.53 Å². The van der Waals surface area contributed by atoms with Crippen molar-refractivity contribution in [3.63, 3.8) is 0 Å². The van der Waals surface area contributed by atoms with Gasteiger partial charge < -0.3 is 9.30 Å². The van der Waals surface area contributed by atoms with Crippen molar-refractivity contribution in [2.75, 3.05) is 6.61 Å². The van der Waals surface area contributed by atoms with E-state index in [2.05, 4.69) is 62.7 Å². The smallest absolute Gasteiger partial charge is 0.293 e. The van der Waals surface area contributed by atoms with Crippen molar-refractivity contribution in [1.82, 2.24) is 4.57 Å². The van der Waals surface area contributed by atoms with Gasteiger partial charge in [0.1, 0.15) is 0 Å². The summed E-state index contributed by atoms with van der Waals surface area (Å²) >= 11 is 3.43. The lowest BCUT2D eigenvalue weighted by atomic mass is 10.2. The van der Waals surface area contributed by atoms with Gasteiger partial charge in [0.15, 0.2) is 0 Å². The second-order valence-electron chi connectivity index (χ2n) is 3.18. The molecular formula is C12H14BrNO2. The maximum atomic E-state index is 9.18. The second-order valence-corrected chi connectivity index (χ2v) is 4.10. The van der Waals surface area contributed by atoms with Crippen LogP contribution in [-0.2, 0) is 16.6 Å². The van der Waals surface area contributed by atoms with Crippen molar-refractivity contribution in [1.29, 1.82) is 0 Å². The highest BCUT2D eigenvalue weighted by Gasteiger charge is 1.96. The number of carbonyl (C=O) groups is 1. The molecule has 0 fully saturated rings. The summed E-state index contributed by atoms with van der Waals surface area (Å²) in [6.45, 7) is 2.66. The summed E-state index contributed by atoms with van der Waals surface area (Å²) < 4.78 is 7.40. The molecule has 0 amide bonds. The SMILES string of the molecule is CCOC=O.Cn1ccc2cc(Br)ccc21. The second kappa shape index (κ2) is 6.33. The van der Waals surface area contributed by atoms with Gasteiger partial charge in [0, 0.05) is 28.6 Å². The predicted octanol–water partition coefficient (Wildman–Crippen LogP) is 3.12. The highest BCUT2D eigenvalue weighted by molar-refractivity contribution is 9.10. The monoisotopic (exact) mass is 283 g/mol. The molecule has 0 aliphatic rings. The normalized spacial score (nSPS) is 9.44. The van der Waals surface area contributed by atoms with Crippen LogP contribution in [0.1, 0.15) is 6.92 Å². The molecule has 0 saturated heterocycles. The van der Waals surface area contributed by atoms with Gasteiger partial charge >= 0.3 is 0 Å². The van der Waals surface area contributed by atoms with Crippen LogP contribution in [0.5, 0.6) is 0 Å². The van der Waals surface area contributed by atoms with E-state index in [1.807, 2.05) is 0 Å². The van der Waals surface area contributed by atoms with Crippen LogP contribution in [0.4, 0.5) is 0 Å². The molecule has 1 aromatic heterocycles. The molecule has 0 N–H and O–H groups in total. The molecule has 0 radical (unpaired) electrons. The maximum Gasteiger partial charge on any atom is 0.293 e. The van der Waals surface area contributed by atoms with Crippen molar-refractivity contribution in [2.45, 2.75) is 6.92 Å². The third-order valence-corrected chi connectivity index (χ3v) is 2.58. The van der Waals surface area contributed by atoms with Crippen molar-refractivity contribution >= 4 is 33.3 Å². The molecule has 1 aromatic carbocycles. The van der Waals surface area contributed by atoms with E-state index in [1.54, 1.807) is 6.92 Å². The number of halogens is 1. The Bertz CT molecular complexity index is 465. The Kier molecular flexibility index (Phi) is 5.05. The number of aryl methyl sites for hydroxylation is 1. The first-order valence-electron chi connectivity index (χ1n) is 4.95. The van der Waals surface area contributed by atoms with Gasteiger partial charge in [-0.2, -0.15) is 0 Å². The topological polar surface area (TPSA) is 31.2 Å². The van der Waals surface area contributed by atoms with Gasteiger partial charge in [-0.25, -0.2) is 0 Å². The summed E-state index contributed by atoms with van der Waals surface area (Å²) in [7, 11) is 2.05. The van der Waals surface area contributed by atoms with Crippen LogP contribution in [0.3, 0.4) is 0 Å². The standard InChI is InChI=1S/C9H8BrN.C3H6O2/c1-11-5-4-7-6-8(10)2-3-9(7)11;1-2-5-3-4/h2-6H,1H3;3H,2H2,1H3. The van der Waals surface area contributed by atoms with Gasteiger partial charge in [-0.3, -0.25) is 4.79 Å². The van der Waals surface area contributed by atoms with E-state index in [0.717, 1.165) is 4.47 Å². The number of benzene rings is 1. The number of aromatic nitrogens is 1. The Labute approximate surface area is 103 Å². The van der Waals surface area contributed by atoms with Gasteiger partial charge in [-0.05, 0) is 31.2 Å². The molecule has 16 heavy (non-hydrogen) atoms. The average Bonchev–Trinajstić information content (AvgIpc) is 2.62. The van der Waals surface area contributed by atoms with Crippen LogP contribution in [0.25, 0.3) is 10.9 Å². The molecule has 0 aliphatic heterocycles. The first kappa shape index (κ1) is 12.8. The zero-order valence-electron chi connectivity index (χ0n) is 9.31. The number of fused-ring (bicyclic) bond motifs is 1. The number of hydrogen-bond donors (Lipinski definition) is 0. The van der Waals surface area contributed by atoms with Gasteiger partial charge in [-0.1, -0.05) is 15.9 Å². The van der Waals surface area contributed by atoms with Crippen molar-refractivity contribution in [3.8, 4) is 0 Å². The summed E-state index contributed by atoms with van der Waals surface area (Å²) in [5, 5.41) is 1.28. The largest absolute Gasteiger partial charge is 0.468 e. The highest BCUT2D eigenvalue weighted by Crippen LogP contribution is 2.19. The molecule has 0 saturated carbocycles. The Balaban J connectivity index is 0.000000221. The third kappa shape index (κ3) is 3.38. The molecule has 4 heteroatoms. The quantitative estimate of drug-likeness (QED) is 0.793. The highest BCUT2D eigenvalue weighted by atomic mass is 79.9. The number of nitrogens with zero attached hydrogens (tertiary/aromatic N) is 1. The first-order chi connectivity index (χ1) is 7.69. The average molecular weight is 284 g/mol.